The van der Waals surface area contributed by atoms with Crippen LogP contribution in [0.25, 0.3) is 22.0 Å². The van der Waals surface area contributed by atoms with Gasteiger partial charge < -0.3 is 14.3 Å². The SMILES string of the molecule is Cn1cc(-c2cc(S(N)(=O)=O)ccc2OCC2CC2)c2cc[nH]c2c1=O. The second kappa shape index (κ2) is 6.00. The normalized spacial score (nSPS) is 14.7. The molecule has 0 atom stereocenters. The zero-order chi connectivity index (χ0) is 18.5. The lowest BCUT2D eigenvalue weighted by Crippen LogP contribution is -2.17. The summed E-state index contributed by atoms with van der Waals surface area (Å²) in [5.41, 5.74) is 1.60. The number of hydrogen-bond donors (Lipinski definition) is 2. The number of aryl methyl sites for hydroxylation is 1. The van der Waals surface area contributed by atoms with E-state index < -0.39 is 10.0 Å². The Morgan fingerprint density at radius 2 is 2.04 bits per heavy atom. The Labute approximate surface area is 150 Å². The molecule has 2 aromatic heterocycles. The van der Waals surface area contributed by atoms with Crippen LogP contribution in [0.1, 0.15) is 12.8 Å². The molecule has 136 valence electrons. The summed E-state index contributed by atoms with van der Waals surface area (Å²) in [7, 11) is -2.21. The molecule has 1 fully saturated rings. The van der Waals surface area contributed by atoms with Gasteiger partial charge in [-0.2, -0.15) is 0 Å². The smallest absolute Gasteiger partial charge is 0.274 e. The number of aromatic amines is 1. The Hall–Kier alpha value is -2.58. The number of rotatable bonds is 5. The second-order valence-electron chi connectivity index (χ2n) is 6.68. The Balaban J connectivity index is 1.94. The number of benzene rings is 1. The van der Waals surface area contributed by atoms with Gasteiger partial charge in [0.1, 0.15) is 11.3 Å². The van der Waals surface area contributed by atoms with Crippen LogP contribution in [0.5, 0.6) is 5.75 Å². The van der Waals surface area contributed by atoms with Crippen LogP contribution in [-0.4, -0.2) is 24.6 Å². The van der Waals surface area contributed by atoms with Gasteiger partial charge in [-0.15, -0.1) is 0 Å². The van der Waals surface area contributed by atoms with Crippen LogP contribution in [0.4, 0.5) is 0 Å². The van der Waals surface area contributed by atoms with Crippen LogP contribution in [0, 0.1) is 5.92 Å². The van der Waals surface area contributed by atoms with E-state index in [9.17, 15) is 13.2 Å². The van der Waals surface area contributed by atoms with E-state index in [1.165, 1.54) is 16.7 Å². The van der Waals surface area contributed by atoms with Crippen molar-refractivity contribution in [2.24, 2.45) is 18.1 Å². The van der Waals surface area contributed by atoms with Gasteiger partial charge in [0.05, 0.1) is 11.5 Å². The van der Waals surface area contributed by atoms with E-state index in [-0.39, 0.29) is 10.5 Å². The minimum absolute atomic E-state index is 0.00353. The highest BCUT2D eigenvalue weighted by Gasteiger charge is 2.23. The van der Waals surface area contributed by atoms with Gasteiger partial charge in [0.2, 0.25) is 10.0 Å². The summed E-state index contributed by atoms with van der Waals surface area (Å²) in [4.78, 5) is 15.2. The standard InChI is InChI=1S/C18H19N3O4S/c1-21-9-15(13-6-7-20-17(13)18(21)22)14-8-12(26(19,23)24)4-5-16(14)25-10-11-2-3-11/h4-9,11,20H,2-3,10H2,1H3,(H2,19,23,24). The predicted molar refractivity (Wildman–Crippen MR) is 98.6 cm³/mol. The fraction of sp³-hybridized carbons (Fsp3) is 0.278. The first kappa shape index (κ1) is 16.9. The highest BCUT2D eigenvalue weighted by Crippen LogP contribution is 2.37. The molecule has 2 heterocycles. The van der Waals surface area contributed by atoms with Gasteiger partial charge in [-0.3, -0.25) is 4.79 Å². The number of nitrogens with zero attached hydrogens (tertiary/aromatic N) is 1. The molecule has 1 aliphatic carbocycles. The number of H-pyrrole nitrogens is 1. The fourth-order valence-corrected chi connectivity index (χ4v) is 3.54. The van der Waals surface area contributed by atoms with Crippen LogP contribution in [0.3, 0.4) is 0 Å². The first-order chi connectivity index (χ1) is 12.3. The molecule has 1 aliphatic rings. The van der Waals surface area contributed by atoms with Crippen molar-refractivity contribution in [1.82, 2.24) is 9.55 Å². The molecule has 0 spiro atoms. The molecular formula is C18H19N3O4S. The summed E-state index contributed by atoms with van der Waals surface area (Å²) in [5.74, 6) is 1.12. The molecule has 0 unspecified atom stereocenters. The lowest BCUT2D eigenvalue weighted by Gasteiger charge is -2.14. The minimum atomic E-state index is -3.86. The van der Waals surface area contributed by atoms with Crippen molar-refractivity contribution in [1.29, 1.82) is 0 Å². The average molecular weight is 373 g/mol. The average Bonchev–Trinajstić information content (AvgIpc) is 3.29. The number of nitrogens with two attached hydrogens (primary N) is 1. The van der Waals surface area contributed by atoms with Crippen molar-refractivity contribution >= 4 is 20.9 Å². The third-order valence-electron chi connectivity index (χ3n) is 4.64. The maximum Gasteiger partial charge on any atom is 0.274 e. The topological polar surface area (TPSA) is 107 Å². The number of aromatic nitrogens is 2. The van der Waals surface area contributed by atoms with E-state index in [1.807, 2.05) is 0 Å². The molecule has 26 heavy (non-hydrogen) atoms. The van der Waals surface area contributed by atoms with Crippen molar-refractivity contribution < 1.29 is 13.2 Å². The van der Waals surface area contributed by atoms with Crippen molar-refractivity contribution in [3.8, 4) is 16.9 Å². The summed E-state index contributed by atoms with van der Waals surface area (Å²) in [6.07, 6.45) is 5.66. The first-order valence-electron chi connectivity index (χ1n) is 8.31. The minimum Gasteiger partial charge on any atom is -0.493 e. The van der Waals surface area contributed by atoms with Gasteiger partial charge in [-0.1, -0.05) is 0 Å². The molecule has 0 radical (unpaired) electrons. The Morgan fingerprint density at radius 3 is 2.73 bits per heavy atom. The molecule has 1 saturated carbocycles. The number of pyridine rings is 1. The van der Waals surface area contributed by atoms with Gasteiger partial charge >= 0.3 is 0 Å². The van der Waals surface area contributed by atoms with Crippen LogP contribution < -0.4 is 15.4 Å². The number of primary sulfonamides is 1. The first-order valence-corrected chi connectivity index (χ1v) is 9.86. The number of sulfonamides is 1. The summed E-state index contributed by atoms with van der Waals surface area (Å²) in [6.45, 7) is 0.587. The third kappa shape index (κ3) is 3.02. The molecule has 0 bridgehead atoms. The van der Waals surface area contributed by atoms with Gasteiger partial charge in [0.25, 0.3) is 5.56 Å². The molecular weight excluding hydrogens is 354 g/mol. The largest absolute Gasteiger partial charge is 0.493 e. The molecule has 0 aliphatic heterocycles. The van der Waals surface area contributed by atoms with E-state index in [4.69, 9.17) is 9.88 Å². The van der Waals surface area contributed by atoms with Gasteiger partial charge in [0.15, 0.2) is 0 Å². The van der Waals surface area contributed by atoms with Crippen LogP contribution >= 0.6 is 0 Å². The summed E-state index contributed by atoms with van der Waals surface area (Å²) >= 11 is 0. The molecule has 7 nitrogen and oxygen atoms in total. The molecule has 0 saturated heterocycles. The van der Waals surface area contributed by atoms with Crippen molar-refractivity contribution in [2.75, 3.05) is 6.61 Å². The van der Waals surface area contributed by atoms with Gasteiger partial charge in [-0.05, 0) is 43.0 Å². The van der Waals surface area contributed by atoms with Crippen molar-refractivity contribution in [3.05, 3.63) is 47.0 Å². The van der Waals surface area contributed by atoms with Crippen LogP contribution in [0.2, 0.25) is 0 Å². The van der Waals surface area contributed by atoms with Crippen molar-refractivity contribution in [2.45, 2.75) is 17.7 Å². The second-order valence-corrected chi connectivity index (χ2v) is 8.24. The Bertz CT molecular complexity index is 1160. The number of ether oxygens (including phenoxy) is 1. The Kier molecular flexibility index (Phi) is 3.89. The highest BCUT2D eigenvalue weighted by molar-refractivity contribution is 7.89. The summed E-state index contributed by atoms with van der Waals surface area (Å²) in [6, 6.07) is 6.36. The predicted octanol–water partition coefficient (Wildman–Crippen LogP) is 1.97. The van der Waals surface area contributed by atoms with E-state index in [1.54, 1.807) is 31.6 Å². The highest BCUT2D eigenvalue weighted by atomic mass is 32.2. The van der Waals surface area contributed by atoms with Gasteiger partial charge in [-0.25, -0.2) is 13.6 Å². The lowest BCUT2D eigenvalue weighted by molar-refractivity contribution is 0.301. The van der Waals surface area contributed by atoms with Crippen molar-refractivity contribution in [3.63, 3.8) is 0 Å². The molecule has 1 aromatic carbocycles. The fourth-order valence-electron chi connectivity index (χ4n) is 3.00. The molecule has 8 heteroatoms. The maximum absolute atomic E-state index is 12.3. The quantitative estimate of drug-likeness (QED) is 0.713. The Morgan fingerprint density at radius 1 is 1.27 bits per heavy atom. The maximum atomic E-state index is 12.3. The zero-order valence-electron chi connectivity index (χ0n) is 14.2. The number of nitrogens with one attached hydrogen (secondary N) is 1. The zero-order valence-corrected chi connectivity index (χ0v) is 15.0. The lowest BCUT2D eigenvalue weighted by atomic mass is 10.0. The van der Waals surface area contributed by atoms with E-state index in [0.717, 1.165) is 12.8 Å². The van der Waals surface area contributed by atoms with E-state index in [2.05, 4.69) is 4.98 Å². The summed E-state index contributed by atoms with van der Waals surface area (Å²) in [5, 5.41) is 6.01. The monoisotopic (exact) mass is 373 g/mol. The molecule has 3 aromatic rings. The van der Waals surface area contributed by atoms with Crippen LogP contribution in [-0.2, 0) is 17.1 Å². The molecule has 0 amide bonds. The van der Waals surface area contributed by atoms with E-state index in [0.29, 0.717) is 40.3 Å². The number of hydrogen-bond acceptors (Lipinski definition) is 4. The van der Waals surface area contributed by atoms with E-state index >= 15 is 0 Å². The third-order valence-corrected chi connectivity index (χ3v) is 5.55. The van der Waals surface area contributed by atoms with Crippen LogP contribution in [0.15, 0.2) is 46.3 Å². The summed E-state index contributed by atoms with van der Waals surface area (Å²) < 4.78 is 31.0. The van der Waals surface area contributed by atoms with Gasteiger partial charge in [0, 0.05) is 36.0 Å². The number of fused-ring (bicyclic) bond motifs is 1. The molecule has 4 rings (SSSR count). The molecule has 3 N–H and O–H groups in total.